The van der Waals surface area contributed by atoms with Crippen molar-refractivity contribution in [3.8, 4) is 28.4 Å². The summed E-state index contributed by atoms with van der Waals surface area (Å²) in [7, 11) is 1.55. The second-order valence-corrected chi connectivity index (χ2v) is 10.4. The van der Waals surface area contributed by atoms with Crippen molar-refractivity contribution in [1.29, 1.82) is 0 Å². The zero-order valence-electron chi connectivity index (χ0n) is 22.9. The van der Waals surface area contributed by atoms with E-state index in [9.17, 15) is 9.59 Å². The van der Waals surface area contributed by atoms with Crippen molar-refractivity contribution in [3.05, 3.63) is 111 Å². The maximum atomic E-state index is 13.4. The summed E-state index contributed by atoms with van der Waals surface area (Å²) in [5, 5.41) is 5.97. The summed E-state index contributed by atoms with van der Waals surface area (Å²) in [6.45, 7) is 2.15. The lowest BCUT2D eigenvalue weighted by Crippen LogP contribution is -2.19. The van der Waals surface area contributed by atoms with E-state index in [0.29, 0.717) is 66.3 Å². The van der Waals surface area contributed by atoms with Gasteiger partial charge in [-0.15, -0.1) is 0 Å². The van der Waals surface area contributed by atoms with Crippen LogP contribution in [-0.2, 0) is 0 Å². The van der Waals surface area contributed by atoms with Crippen LogP contribution in [0.2, 0.25) is 15.1 Å². The number of carbonyl (C=O) groups is 2. The number of carbonyl (C=O) groups excluding carboxylic acids is 2. The summed E-state index contributed by atoms with van der Waals surface area (Å²) < 4.78 is 16.4. The minimum Gasteiger partial charge on any atom is -0.497 e. The summed E-state index contributed by atoms with van der Waals surface area (Å²) in [5.41, 5.74) is 5.41. The maximum absolute atomic E-state index is 13.4. The molecule has 0 atom stereocenters. The third kappa shape index (κ3) is 6.62. The second kappa shape index (κ2) is 13.2. The number of nitrogens with one attached hydrogen (secondary N) is 2. The van der Waals surface area contributed by atoms with E-state index in [2.05, 4.69) is 15.5 Å². The van der Waals surface area contributed by atoms with Crippen LogP contribution in [0.4, 0.5) is 0 Å². The molecule has 0 fully saturated rings. The van der Waals surface area contributed by atoms with Gasteiger partial charge < -0.3 is 19.2 Å². The number of hydrazone groups is 1. The van der Waals surface area contributed by atoms with Crippen molar-refractivity contribution >= 4 is 63.8 Å². The molecule has 0 unspecified atom stereocenters. The fourth-order valence-electron chi connectivity index (χ4n) is 4.42. The fourth-order valence-corrected chi connectivity index (χ4v) is 5.23. The predicted octanol–water partition coefficient (Wildman–Crippen LogP) is 8.19. The highest BCUT2D eigenvalue weighted by atomic mass is 35.5. The molecule has 0 radical (unpaired) electrons. The minimum atomic E-state index is -0.550. The normalized spacial score (nSPS) is 11.1. The molecule has 0 saturated carbocycles. The van der Waals surface area contributed by atoms with Crippen LogP contribution < -0.4 is 19.6 Å². The molecule has 1 aromatic heterocycles. The van der Waals surface area contributed by atoms with Crippen LogP contribution in [0.1, 0.15) is 33.3 Å². The Kier molecular flexibility index (Phi) is 9.21. The third-order valence-corrected chi connectivity index (χ3v) is 7.21. The Morgan fingerprint density at radius 3 is 2.42 bits per heavy atom. The predicted molar refractivity (Wildman–Crippen MR) is 169 cm³/mol. The van der Waals surface area contributed by atoms with Crippen molar-refractivity contribution < 1.29 is 23.8 Å². The number of fused-ring (bicyclic) bond motifs is 1. The van der Waals surface area contributed by atoms with E-state index in [1.807, 2.05) is 13.0 Å². The molecule has 1 amide bonds. The smallest absolute Gasteiger partial charge is 0.343 e. The molecule has 1 heterocycles. The van der Waals surface area contributed by atoms with Crippen molar-refractivity contribution in [2.75, 3.05) is 13.7 Å². The number of H-pyrrole nitrogens is 1. The minimum absolute atomic E-state index is 0.209. The van der Waals surface area contributed by atoms with Crippen LogP contribution in [-0.4, -0.2) is 36.8 Å². The first-order chi connectivity index (χ1) is 20.8. The Hall–Kier alpha value is -4.50. The monoisotopic (exact) mass is 635 g/mol. The van der Waals surface area contributed by atoms with Gasteiger partial charge in [0, 0.05) is 32.1 Å². The molecule has 43 heavy (non-hydrogen) atoms. The first-order valence-corrected chi connectivity index (χ1v) is 14.1. The Bertz CT molecular complexity index is 1850. The number of methoxy groups -OCH3 is 1. The van der Waals surface area contributed by atoms with Crippen LogP contribution in [0.5, 0.6) is 17.2 Å². The van der Waals surface area contributed by atoms with Crippen molar-refractivity contribution in [1.82, 2.24) is 10.4 Å². The van der Waals surface area contributed by atoms with Gasteiger partial charge in [0.1, 0.15) is 11.4 Å². The fraction of sp³-hybridized carbons (Fsp3) is 0.0938. The van der Waals surface area contributed by atoms with E-state index in [1.54, 1.807) is 79.9 Å². The number of amides is 1. The Balaban J connectivity index is 1.38. The van der Waals surface area contributed by atoms with Gasteiger partial charge in [0.15, 0.2) is 11.5 Å². The zero-order chi connectivity index (χ0) is 30.5. The van der Waals surface area contributed by atoms with Crippen molar-refractivity contribution in [2.45, 2.75) is 6.92 Å². The molecule has 0 aliphatic rings. The number of aromatic amines is 1. The van der Waals surface area contributed by atoms with E-state index in [0.717, 1.165) is 0 Å². The number of nitrogens with zero attached hydrogens (tertiary/aromatic N) is 1. The summed E-state index contributed by atoms with van der Waals surface area (Å²) in [6.07, 6.45) is 1.44. The second-order valence-electron chi connectivity index (χ2n) is 9.12. The molecule has 2 N–H and O–H groups in total. The van der Waals surface area contributed by atoms with Crippen LogP contribution in [0, 0.1) is 0 Å². The van der Waals surface area contributed by atoms with Gasteiger partial charge in [-0.3, -0.25) is 4.79 Å². The first kappa shape index (κ1) is 30.0. The average molecular weight is 637 g/mol. The van der Waals surface area contributed by atoms with Crippen molar-refractivity contribution in [3.63, 3.8) is 0 Å². The topological polar surface area (TPSA) is 102 Å². The summed E-state index contributed by atoms with van der Waals surface area (Å²) in [5.74, 6) is 0.126. The van der Waals surface area contributed by atoms with Crippen LogP contribution in [0.15, 0.2) is 84.0 Å². The van der Waals surface area contributed by atoms with E-state index >= 15 is 0 Å². The number of hydrogen-bond donors (Lipinski definition) is 2. The SMILES string of the molecule is CCOc1cc(C=NNC(=O)c2[nH]c3cc(Cl)cc(Cl)c3c2-c2ccccc2Cl)ccc1OC(=O)c1ccc(OC)cc1. The van der Waals surface area contributed by atoms with Crippen LogP contribution in [0.25, 0.3) is 22.0 Å². The molecule has 218 valence electrons. The molecule has 0 bridgehead atoms. The van der Waals surface area contributed by atoms with Gasteiger partial charge in [-0.2, -0.15) is 5.10 Å². The molecule has 11 heteroatoms. The highest BCUT2D eigenvalue weighted by molar-refractivity contribution is 6.41. The molecule has 4 aromatic carbocycles. The summed E-state index contributed by atoms with van der Waals surface area (Å²) >= 11 is 19.3. The van der Waals surface area contributed by atoms with E-state index < -0.39 is 11.9 Å². The lowest BCUT2D eigenvalue weighted by atomic mass is 10.0. The maximum Gasteiger partial charge on any atom is 0.343 e. The Morgan fingerprint density at radius 1 is 0.930 bits per heavy atom. The molecule has 0 aliphatic heterocycles. The number of benzene rings is 4. The highest BCUT2D eigenvalue weighted by Gasteiger charge is 2.23. The molecular formula is C32H24Cl3N3O5. The van der Waals surface area contributed by atoms with Gasteiger partial charge in [-0.05, 0) is 73.2 Å². The van der Waals surface area contributed by atoms with Gasteiger partial charge in [-0.25, -0.2) is 10.2 Å². The quantitative estimate of drug-likeness (QED) is 0.0735. The van der Waals surface area contributed by atoms with Crippen LogP contribution in [0.3, 0.4) is 0 Å². The van der Waals surface area contributed by atoms with Crippen molar-refractivity contribution in [2.24, 2.45) is 5.10 Å². The molecule has 0 aliphatic carbocycles. The Morgan fingerprint density at radius 2 is 1.70 bits per heavy atom. The number of esters is 1. The van der Waals surface area contributed by atoms with Gasteiger partial charge in [0.2, 0.25) is 0 Å². The number of ether oxygens (including phenoxy) is 3. The van der Waals surface area contributed by atoms with Gasteiger partial charge >= 0.3 is 5.97 Å². The molecule has 5 aromatic rings. The zero-order valence-corrected chi connectivity index (χ0v) is 25.2. The lowest BCUT2D eigenvalue weighted by molar-refractivity contribution is 0.0728. The van der Waals surface area contributed by atoms with Gasteiger partial charge in [0.05, 0.1) is 30.5 Å². The standard InChI is InChI=1S/C32H24Cl3N3O5/c1-3-42-27-14-18(8-13-26(27)43-32(40)19-9-11-21(41-2)12-10-19)17-36-38-31(39)30-28(22-6-4-5-7-23(22)34)29-24(35)15-20(33)16-25(29)37-30/h4-17,37H,3H2,1-2H3,(H,38,39). The van der Waals surface area contributed by atoms with E-state index in [4.69, 9.17) is 49.0 Å². The highest BCUT2D eigenvalue weighted by Crippen LogP contribution is 2.41. The molecule has 5 rings (SSSR count). The number of rotatable bonds is 9. The molecule has 8 nitrogen and oxygen atoms in total. The Labute approximate surface area is 262 Å². The first-order valence-electron chi connectivity index (χ1n) is 13.0. The van der Waals surface area contributed by atoms with E-state index in [1.165, 1.54) is 6.21 Å². The van der Waals surface area contributed by atoms with E-state index in [-0.39, 0.29) is 11.4 Å². The third-order valence-electron chi connectivity index (χ3n) is 6.36. The molecular weight excluding hydrogens is 613 g/mol. The van der Waals surface area contributed by atoms with Gasteiger partial charge in [-0.1, -0.05) is 53.0 Å². The largest absolute Gasteiger partial charge is 0.497 e. The summed E-state index contributed by atoms with van der Waals surface area (Å²) in [6, 6.07) is 21.9. The number of halogens is 3. The van der Waals surface area contributed by atoms with Crippen LogP contribution >= 0.6 is 34.8 Å². The average Bonchev–Trinajstić information content (AvgIpc) is 3.38. The molecule has 0 saturated heterocycles. The number of hydrogen-bond acceptors (Lipinski definition) is 6. The lowest BCUT2D eigenvalue weighted by Gasteiger charge is -2.11. The number of aromatic nitrogens is 1. The molecule has 0 spiro atoms. The summed E-state index contributed by atoms with van der Waals surface area (Å²) in [4.78, 5) is 29.1. The van der Waals surface area contributed by atoms with Gasteiger partial charge in [0.25, 0.3) is 5.91 Å².